The number of piperidine rings is 1. The minimum absolute atomic E-state index is 0.0952. The summed E-state index contributed by atoms with van der Waals surface area (Å²) in [6.45, 7) is 0.796. The molecular formula is C20H20FN3O3S. The van der Waals surface area contributed by atoms with Crippen LogP contribution in [0.3, 0.4) is 0 Å². The first kappa shape index (κ1) is 18.8. The average Bonchev–Trinajstić information content (AvgIpc) is 3.19. The topological polar surface area (TPSA) is 76.3 Å². The van der Waals surface area contributed by atoms with E-state index in [1.807, 2.05) is 0 Å². The monoisotopic (exact) mass is 401 g/mol. The van der Waals surface area contributed by atoms with Gasteiger partial charge in [-0.3, -0.25) is 4.98 Å². The zero-order chi connectivity index (χ0) is 19.6. The standard InChI is InChI=1S/C20H20FN3O3S/c21-17-7-5-15(6-8-17)11-18-12-23-20(27-18)16-3-2-10-24(14-16)28(25,26)19-4-1-9-22-13-19/h1,4-9,12-13,16H,2-3,10-11,14H2/t16-/m0/s1. The fourth-order valence-electron chi connectivity index (χ4n) is 3.41. The first-order valence-electron chi connectivity index (χ1n) is 9.11. The van der Waals surface area contributed by atoms with Gasteiger partial charge in [0.25, 0.3) is 0 Å². The predicted molar refractivity (Wildman–Crippen MR) is 101 cm³/mol. The van der Waals surface area contributed by atoms with Crippen LogP contribution in [0.2, 0.25) is 0 Å². The van der Waals surface area contributed by atoms with E-state index < -0.39 is 10.0 Å². The lowest BCUT2D eigenvalue weighted by Gasteiger charge is -2.30. The minimum Gasteiger partial charge on any atom is -0.445 e. The van der Waals surface area contributed by atoms with Crippen LogP contribution in [-0.4, -0.2) is 35.8 Å². The number of oxazole rings is 1. The summed E-state index contributed by atoms with van der Waals surface area (Å²) in [7, 11) is -3.58. The average molecular weight is 401 g/mol. The number of rotatable bonds is 5. The van der Waals surface area contributed by atoms with Gasteiger partial charge in [0, 0.05) is 37.8 Å². The normalized spacial score (nSPS) is 18.2. The van der Waals surface area contributed by atoms with E-state index in [0.717, 1.165) is 18.4 Å². The molecular weight excluding hydrogens is 381 g/mol. The van der Waals surface area contributed by atoms with Crippen molar-refractivity contribution in [1.29, 1.82) is 0 Å². The Bertz CT molecular complexity index is 1040. The van der Waals surface area contributed by atoms with Gasteiger partial charge in [-0.1, -0.05) is 12.1 Å². The number of nitrogens with zero attached hydrogens (tertiary/aromatic N) is 3. The van der Waals surface area contributed by atoms with Gasteiger partial charge in [-0.25, -0.2) is 17.8 Å². The van der Waals surface area contributed by atoms with Gasteiger partial charge < -0.3 is 4.42 Å². The molecule has 1 atom stereocenters. The molecule has 0 saturated carbocycles. The van der Waals surface area contributed by atoms with Crippen LogP contribution >= 0.6 is 0 Å². The molecule has 1 saturated heterocycles. The fraction of sp³-hybridized carbons (Fsp3) is 0.300. The Kier molecular flexibility index (Phi) is 5.23. The van der Waals surface area contributed by atoms with E-state index in [-0.39, 0.29) is 16.6 Å². The summed E-state index contributed by atoms with van der Waals surface area (Å²) in [5.74, 6) is 0.846. The van der Waals surface area contributed by atoms with E-state index in [1.165, 1.54) is 22.6 Å². The van der Waals surface area contributed by atoms with Crippen molar-refractivity contribution in [2.45, 2.75) is 30.1 Å². The molecule has 0 N–H and O–H groups in total. The van der Waals surface area contributed by atoms with E-state index >= 15 is 0 Å². The lowest BCUT2D eigenvalue weighted by Crippen LogP contribution is -2.39. The molecule has 1 aliphatic rings. The van der Waals surface area contributed by atoms with E-state index in [4.69, 9.17) is 4.42 Å². The number of hydrogen-bond acceptors (Lipinski definition) is 5. The highest BCUT2D eigenvalue weighted by Crippen LogP contribution is 2.30. The summed E-state index contributed by atoms with van der Waals surface area (Å²) >= 11 is 0. The number of halogens is 1. The van der Waals surface area contributed by atoms with Gasteiger partial charge in [0.1, 0.15) is 16.5 Å². The van der Waals surface area contributed by atoms with Crippen molar-refractivity contribution in [2.75, 3.05) is 13.1 Å². The molecule has 0 bridgehead atoms. The van der Waals surface area contributed by atoms with Gasteiger partial charge >= 0.3 is 0 Å². The lowest BCUT2D eigenvalue weighted by molar-refractivity contribution is 0.281. The molecule has 0 aliphatic carbocycles. The summed E-state index contributed by atoms with van der Waals surface area (Å²) in [5.41, 5.74) is 0.925. The van der Waals surface area contributed by atoms with E-state index in [2.05, 4.69) is 9.97 Å². The van der Waals surface area contributed by atoms with Gasteiger partial charge in [-0.15, -0.1) is 0 Å². The SMILES string of the molecule is O=S(=O)(c1cccnc1)N1CCC[C@H](c2ncc(Cc3ccc(F)cc3)o2)C1. The molecule has 0 amide bonds. The van der Waals surface area contributed by atoms with Gasteiger partial charge in [0.05, 0.1) is 6.20 Å². The molecule has 146 valence electrons. The summed E-state index contributed by atoms with van der Waals surface area (Å²) in [5, 5.41) is 0. The Balaban J connectivity index is 1.48. The maximum atomic E-state index is 13.0. The largest absolute Gasteiger partial charge is 0.445 e. The molecule has 4 rings (SSSR count). The van der Waals surface area contributed by atoms with Crippen LogP contribution in [0.1, 0.15) is 36.0 Å². The third-order valence-electron chi connectivity index (χ3n) is 4.87. The number of benzene rings is 1. The zero-order valence-electron chi connectivity index (χ0n) is 15.2. The van der Waals surface area contributed by atoms with Crippen LogP contribution in [0.4, 0.5) is 4.39 Å². The molecule has 3 heterocycles. The Morgan fingerprint density at radius 3 is 2.75 bits per heavy atom. The summed E-state index contributed by atoms with van der Waals surface area (Å²) in [4.78, 5) is 8.47. The molecule has 1 aromatic carbocycles. The summed E-state index contributed by atoms with van der Waals surface area (Å²) < 4.78 is 46.1. The van der Waals surface area contributed by atoms with E-state index in [1.54, 1.807) is 36.7 Å². The quantitative estimate of drug-likeness (QED) is 0.655. The van der Waals surface area contributed by atoms with Crippen molar-refractivity contribution in [2.24, 2.45) is 0 Å². The molecule has 8 heteroatoms. The Morgan fingerprint density at radius 2 is 2.00 bits per heavy atom. The van der Waals surface area contributed by atoms with Crippen molar-refractivity contribution in [3.8, 4) is 0 Å². The number of hydrogen-bond donors (Lipinski definition) is 0. The smallest absolute Gasteiger partial charge is 0.244 e. The van der Waals surface area contributed by atoms with Crippen LogP contribution in [0.15, 0.2) is 64.3 Å². The van der Waals surface area contributed by atoms with E-state index in [0.29, 0.717) is 31.2 Å². The highest BCUT2D eigenvalue weighted by atomic mass is 32.2. The molecule has 3 aromatic rings. The molecule has 28 heavy (non-hydrogen) atoms. The molecule has 2 aromatic heterocycles. The predicted octanol–water partition coefficient (Wildman–Crippen LogP) is 3.37. The first-order valence-corrected chi connectivity index (χ1v) is 10.6. The summed E-state index contributed by atoms with van der Waals surface area (Å²) in [6, 6.07) is 9.41. The Labute approximate surface area is 163 Å². The number of sulfonamides is 1. The minimum atomic E-state index is -3.58. The first-order chi connectivity index (χ1) is 13.5. The van der Waals surface area contributed by atoms with Crippen molar-refractivity contribution < 1.29 is 17.2 Å². The molecule has 1 aliphatic heterocycles. The second kappa shape index (κ2) is 7.81. The van der Waals surface area contributed by atoms with Gasteiger partial charge in [0.15, 0.2) is 5.89 Å². The maximum Gasteiger partial charge on any atom is 0.244 e. The number of pyridine rings is 1. The van der Waals surface area contributed by atoms with E-state index in [9.17, 15) is 12.8 Å². The van der Waals surface area contributed by atoms with Gasteiger partial charge in [-0.2, -0.15) is 4.31 Å². The van der Waals surface area contributed by atoms with Crippen LogP contribution in [0.25, 0.3) is 0 Å². The number of aromatic nitrogens is 2. The van der Waals surface area contributed by atoms with Crippen molar-refractivity contribution >= 4 is 10.0 Å². The van der Waals surface area contributed by atoms with Gasteiger partial charge in [-0.05, 0) is 42.7 Å². The van der Waals surface area contributed by atoms with Gasteiger partial charge in [0.2, 0.25) is 10.0 Å². The third kappa shape index (κ3) is 3.98. The van der Waals surface area contributed by atoms with Crippen LogP contribution in [0.5, 0.6) is 0 Å². The highest BCUT2D eigenvalue weighted by molar-refractivity contribution is 7.89. The highest BCUT2D eigenvalue weighted by Gasteiger charge is 2.33. The van der Waals surface area contributed by atoms with Crippen LogP contribution in [-0.2, 0) is 16.4 Å². The lowest BCUT2D eigenvalue weighted by atomic mass is 10.00. The molecule has 6 nitrogen and oxygen atoms in total. The van der Waals surface area contributed by atoms with Crippen molar-refractivity contribution in [3.63, 3.8) is 0 Å². The van der Waals surface area contributed by atoms with Crippen LogP contribution in [0, 0.1) is 5.82 Å². The summed E-state index contributed by atoms with van der Waals surface area (Å²) in [6.07, 6.45) is 6.64. The Hall–Kier alpha value is -2.58. The second-order valence-electron chi connectivity index (χ2n) is 6.86. The van der Waals surface area contributed by atoms with Crippen LogP contribution < -0.4 is 0 Å². The Morgan fingerprint density at radius 1 is 1.18 bits per heavy atom. The molecule has 0 radical (unpaired) electrons. The zero-order valence-corrected chi connectivity index (χ0v) is 16.0. The maximum absolute atomic E-state index is 13.0. The molecule has 0 spiro atoms. The third-order valence-corrected chi connectivity index (χ3v) is 6.72. The molecule has 0 unspecified atom stereocenters. The second-order valence-corrected chi connectivity index (χ2v) is 8.80. The van der Waals surface area contributed by atoms with Crippen molar-refractivity contribution in [1.82, 2.24) is 14.3 Å². The van der Waals surface area contributed by atoms with Crippen molar-refractivity contribution in [3.05, 3.63) is 78.0 Å². The fourth-order valence-corrected chi connectivity index (χ4v) is 4.90. The molecule has 1 fully saturated rings.